The van der Waals surface area contributed by atoms with Gasteiger partial charge in [-0.1, -0.05) is 78.9 Å². The van der Waals surface area contributed by atoms with Crippen molar-refractivity contribution in [2.75, 3.05) is 0 Å². The highest BCUT2D eigenvalue weighted by Crippen LogP contribution is 2.27. The number of fused-ring (bicyclic) bond motifs is 2. The van der Waals surface area contributed by atoms with E-state index in [1.807, 2.05) is 215 Å². The molecule has 0 unspecified atom stereocenters. The largest absolute Gasteiger partial charge is 0.264 e. The molecule has 0 saturated heterocycles. The molecule has 12 heteroatoms. The molecule has 484 valence electrons. The van der Waals surface area contributed by atoms with Crippen LogP contribution in [0.3, 0.4) is 0 Å². The standard InChI is InChI=1S/C20H16N2.3C12H12N2.4C7H9N/c1-13-11-19(21-17-9-5-3-7-15(13)17)20-12-14(2)16-8-4-6-10-18(16)22-20;1-9-3-5-13-11(7-9)12-8-10(2)4-6-14-12;1-9-3-5-11(13-7-9)12-6-4-10(2)8-14-12;1-9-5-3-7-13-11(9)12-10(2)6-4-8-14-12;1-6-3-7(2)5-8-4-6;1-6-3-4-8-7(2)5-6;1-6-3-4-7(2)8-5-6;1-6-4-3-5-7(2)8-6/h3-12H,1-2H3;3*3-8H,1-2H3;4*3-5H,1-2H3. The molecule has 0 amide bonds. The third kappa shape index (κ3) is 23.7. The maximum atomic E-state index is 4.79. The molecule has 0 aliphatic rings. The van der Waals surface area contributed by atoms with Crippen LogP contribution in [0.2, 0.25) is 0 Å². The number of para-hydroxylation sites is 2. The maximum Gasteiger partial charge on any atom is 0.0917 e. The minimum Gasteiger partial charge on any atom is -0.264 e. The number of hydrogen-bond donors (Lipinski definition) is 0. The van der Waals surface area contributed by atoms with E-state index in [1.54, 1.807) is 12.4 Å². The summed E-state index contributed by atoms with van der Waals surface area (Å²) >= 11 is 0. The molecule has 2 aromatic carbocycles. The van der Waals surface area contributed by atoms with Gasteiger partial charge in [-0.2, -0.15) is 0 Å². The van der Waals surface area contributed by atoms with Crippen LogP contribution < -0.4 is 0 Å². The third-order valence-corrected chi connectivity index (χ3v) is 14.7. The van der Waals surface area contributed by atoms with Gasteiger partial charge < -0.3 is 0 Å². The fourth-order valence-electron chi connectivity index (χ4n) is 9.63. The molecular formula is C84H88N12. The highest BCUT2D eigenvalue weighted by Gasteiger charge is 2.10. The van der Waals surface area contributed by atoms with Gasteiger partial charge in [0.25, 0.3) is 0 Å². The highest BCUT2D eigenvalue weighted by atomic mass is 14.8. The zero-order valence-electron chi connectivity index (χ0n) is 58.5. The number of aromatic nitrogens is 12. The van der Waals surface area contributed by atoms with Crippen molar-refractivity contribution in [3.8, 4) is 45.6 Å². The molecule has 96 heavy (non-hydrogen) atoms. The topological polar surface area (TPSA) is 155 Å². The second kappa shape index (κ2) is 36.9. The van der Waals surface area contributed by atoms with Crippen LogP contribution in [0.4, 0.5) is 0 Å². The van der Waals surface area contributed by atoms with Gasteiger partial charge in [0, 0.05) is 95.5 Å². The van der Waals surface area contributed by atoms with E-state index in [0.717, 1.165) is 90.5 Å². The van der Waals surface area contributed by atoms with E-state index >= 15 is 0 Å². The van der Waals surface area contributed by atoms with Crippen molar-refractivity contribution in [3.05, 3.63) is 333 Å². The lowest BCUT2D eigenvalue weighted by atomic mass is 10.0. The van der Waals surface area contributed by atoms with Gasteiger partial charge in [-0.3, -0.25) is 49.8 Å². The first-order chi connectivity index (χ1) is 46.2. The predicted octanol–water partition coefficient (Wildman–Crippen LogP) is 20.1. The summed E-state index contributed by atoms with van der Waals surface area (Å²) in [6, 6.07) is 61.1. The van der Waals surface area contributed by atoms with Gasteiger partial charge in [-0.15, -0.1) is 0 Å². The molecule has 0 radical (unpaired) electrons. The Morgan fingerprint density at radius 2 is 0.635 bits per heavy atom. The molecule has 14 aromatic rings. The van der Waals surface area contributed by atoms with Gasteiger partial charge in [-0.05, 0) is 281 Å². The molecule has 0 saturated carbocycles. The fraction of sp³-hybridized carbons (Fsp3) is 0.190. The first-order valence-corrected chi connectivity index (χ1v) is 32.0. The van der Waals surface area contributed by atoms with Crippen molar-refractivity contribution >= 4 is 21.8 Å². The first-order valence-electron chi connectivity index (χ1n) is 32.0. The highest BCUT2D eigenvalue weighted by molar-refractivity contribution is 5.87. The molecule has 14 rings (SSSR count). The van der Waals surface area contributed by atoms with Crippen LogP contribution >= 0.6 is 0 Å². The van der Waals surface area contributed by atoms with Crippen molar-refractivity contribution in [2.24, 2.45) is 0 Å². The Morgan fingerprint density at radius 1 is 0.208 bits per heavy atom. The van der Waals surface area contributed by atoms with E-state index in [9.17, 15) is 0 Å². The van der Waals surface area contributed by atoms with Gasteiger partial charge in [-0.25, -0.2) is 9.97 Å². The molecule has 0 bridgehead atoms. The van der Waals surface area contributed by atoms with Crippen LogP contribution in [0.1, 0.15) is 89.5 Å². The molecule has 12 nitrogen and oxygen atoms in total. The number of pyridine rings is 12. The first kappa shape index (κ1) is 72.2. The minimum absolute atomic E-state index is 0.926. The van der Waals surface area contributed by atoms with E-state index in [1.165, 1.54) is 66.4 Å². The summed E-state index contributed by atoms with van der Waals surface area (Å²) in [5, 5.41) is 2.40. The number of benzene rings is 2. The number of rotatable bonds is 4. The number of aryl methyl sites for hydroxylation is 16. The summed E-state index contributed by atoms with van der Waals surface area (Å²) in [4.78, 5) is 51.8. The Morgan fingerprint density at radius 3 is 0.969 bits per heavy atom. The average molecular weight is 1270 g/mol. The van der Waals surface area contributed by atoms with Gasteiger partial charge in [0.2, 0.25) is 0 Å². The van der Waals surface area contributed by atoms with Gasteiger partial charge in [0.1, 0.15) is 0 Å². The Bertz CT molecular complexity index is 4330. The van der Waals surface area contributed by atoms with Crippen LogP contribution in [-0.4, -0.2) is 59.8 Å². The Hall–Kier alpha value is -11.2. The average Bonchev–Trinajstić information content (AvgIpc) is 0.805. The fourth-order valence-corrected chi connectivity index (χ4v) is 9.63. The van der Waals surface area contributed by atoms with E-state index in [0.29, 0.717) is 0 Å². The summed E-state index contributed by atoms with van der Waals surface area (Å²) in [6.45, 7) is 32.7. The Labute approximate surface area is 568 Å². The molecular weight excluding hydrogens is 1180 g/mol. The quantitative estimate of drug-likeness (QED) is 0.165. The normalized spacial score (nSPS) is 10.1. The van der Waals surface area contributed by atoms with Gasteiger partial charge in [0.15, 0.2) is 0 Å². The van der Waals surface area contributed by atoms with E-state index in [2.05, 4.69) is 177 Å². The SMILES string of the molecule is Cc1cc(-c2cc(C)c3ccccc3n2)nc2ccccc12.Cc1ccc(-c2ccc(C)cn2)nc1.Cc1ccc(C)nc1.Cc1cccc(C)n1.Cc1cccnc1-c1ncccc1C.Cc1ccnc(-c2cc(C)ccn2)c1.Cc1ccnc(C)c1.Cc1cncc(C)c1. The van der Waals surface area contributed by atoms with Crippen molar-refractivity contribution in [3.63, 3.8) is 0 Å². The van der Waals surface area contributed by atoms with Crippen LogP contribution in [0.5, 0.6) is 0 Å². The minimum atomic E-state index is 0.926. The maximum absolute atomic E-state index is 4.79. The summed E-state index contributed by atoms with van der Waals surface area (Å²) in [7, 11) is 0. The third-order valence-electron chi connectivity index (χ3n) is 14.7. The van der Waals surface area contributed by atoms with Crippen LogP contribution in [0.15, 0.2) is 244 Å². The molecule has 12 heterocycles. The van der Waals surface area contributed by atoms with Crippen LogP contribution in [0, 0.1) is 111 Å². The second-order valence-electron chi connectivity index (χ2n) is 23.8. The molecule has 0 atom stereocenters. The van der Waals surface area contributed by atoms with Crippen molar-refractivity contribution in [2.45, 2.75) is 111 Å². The van der Waals surface area contributed by atoms with Crippen molar-refractivity contribution < 1.29 is 0 Å². The molecule has 0 spiro atoms. The summed E-state index contributed by atoms with van der Waals surface area (Å²) in [5.74, 6) is 0. The molecule has 0 N–H and O–H groups in total. The van der Waals surface area contributed by atoms with E-state index in [4.69, 9.17) is 9.97 Å². The lowest BCUT2D eigenvalue weighted by molar-refractivity contribution is 1.12. The van der Waals surface area contributed by atoms with Crippen molar-refractivity contribution in [1.29, 1.82) is 0 Å². The van der Waals surface area contributed by atoms with Gasteiger partial charge in [0.05, 0.1) is 56.6 Å². The summed E-state index contributed by atoms with van der Waals surface area (Å²) in [5.41, 5.74) is 28.4. The molecule has 0 aliphatic heterocycles. The molecule has 0 aliphatic carbocycles. The molecule has 0 fully saturated rings. The monoisotopic (exact) mass is 1260 g/mol. The summed E-state index contributed by atoms with van der Waals surface area (Å²) < 4.78 is 0. The number of nitrogens with zero attached hydrogens (tertiary/aromatic N) is 12. The van der Waals surface area contributed by atoms with Crippen molar-refractivity contribution in [1.82, 2.24) is 59.8 Å². The van der Waals surface area contributed by atoms with E-state index < -0.39 is 0 Å². The van der Waals surface area contributed by atoms with Crippen LogP contribution in [0.25, 0.3) is 67.4 Å². The Kier molecular flexibility index (Phi) is 27.7. The predicted molar refractivity (Wildman–Crippen MR) is 398 cm³/mol. The Balaban J connectivity index is 0.000000159. The second-order valence-corrected chi connectivity index (χ2v) is 23.8. The lowest BCUT2D eigenvalue weighted by Gasteiger charge is -2.09. The summed E-state index contributed by atoms with van der Waals surface area (Å²) in [6.07, 6.45) is 18.4. The van der Waals surface area contributed by atoms with Crippen LogP contribution in [-0.2, 0) is 0 Å². The lowest BCUT2D eigenvalue weighted by Crippen LogP contribution is -1.93. The number of hydrogen-bond acceptors (Lipinski definition) is 12. The van der Waals surface area contributed by atoms with Gasteiger partial charge >= 0.3 is 0 Å². The zero-order chi connectivity index (χ0) is 68.9. The molecule has 12 aromatic heterocycles. The van der Waals surface area contributed by atoms with E-state index in [-0.39, 0.29) is 0 Å². The zero-order valence-corrected chi connectivity index (χ0v) is 58.5. The smallest absolute Gasteiger partial charge is 0.0917 e.